The van der Waals surface area contributed by atoms with E-state index in [2.05, 4.69) is 6.58 Å². The van der Waals surface area contributed by atoms with E-state index < -0.39 is 23.7 Å². The molecule has 0 heterocycles. The van der Waals surface area contributed by atoms with E-state index in [0.717, 1.165) is 24.8 Å². The number of allylic oxidation sites excluding steroid dienone is 1. The van der Waals surface area contributed by atoms with Crippen molar-refractivity contribution in [1.29, 1.82) is 0 Å². The first-order chi connectivity index (χ1) is 13.7. The Labute approximate surface area is 175 Å². The maximum atomic E-state index is 12.9. The van der Waals surface area contributed by atoms with Crippen LogP contribution in [0.2, 0.25) is 0 Å². The van der Waals surface area contributed by atoms with Gasteiger partial charge in [0.25, 0.3) is 0 Å². The molecule has 0 aliphatic carbocycles. The van der Waals surface area contributed by atoms with Crippen molar-refractivity contribution >= 4 is 18.1 Å². The zero-order chi connectivity index (χ0) is 21.9. The Morgan fingerprint density at radius 3 is 2.38 bits per heavy atom. The Morgan fingerprint density at radius 1 is 1.17 bits per heavy atom. The van der Waals surface area contributed by atoms with Gasteiger partial charge >= 0.3 is 12.1 Å². The number of esters is 1. The van der Waals surface area contributed by atoms with E-state index in [9.17, 15) is 9.59 Å². The minimum absolute atomic E-state index is 0.385. The normalized spacial score (nSPS) is 13.6. The lowest BCUT2D eigenvalue weighted by atomic mass is 9.98. The van der Waals surface area contributed by atoms with Crippen LogP contribution in [0.25, 0.3) is 6.08 Å². The van der Waals surface area contributed by atoms with Gasteiger partial charge in [-0.05, 0) is 52.5 Å². The number of hydrogen-bond donors (Lipinski definition) is 0. The smallest absolute Gasteiger partial charge is 0.410 e. The van der Waals surface area contributed by atoms with E-state index in [1.54, 1.807) is 11.0 Å². The van der Waals surface area contributed by atoms with Gasteiger partial charge in [0.2, 0.25) is 0 Å². The summed E-state index contributed by atoms with van der Waals surface area (Å²) in [6.45, 7) is 11.6. The van der Waals surface area contributed by atoms with Crippen LogP contribution in [0.3, 0.4) is 0 Å². The lowest BCUT2D eigenvalue weighted by Gasteiger charge is -2.34. The summed E-state index contributed by atoms with van der Waals surface area (Å²) in [5.74, 6) is -0.989. The number of unbranched alkanes of at least 4 members (excludes halogenated alkanes) is 2. The molecule has 0 N–H and O–H groups in total. The third kappa shape index (κ3) is 8.99. The molecule has 0 radical (unpaired) electrons. The Bertz CT molecular complexity index is 676. The second kappa shape index (κ2) is 12.1. The van der Waals surface area contributed by atoms with E-state index in [1.165, 1.54) is 7.11 Å². The van der Waals surface area contributed by atoms with Crippen LogP contribution in [0.15, 0.2) is 49.1 Å². The molecular weight excluding hydrogens is 366 g/mol. The second-order valence-electron chi connectivity index (χ2n) is 8.02. The minimum atomic E-state index is -0.614. The molecule has 160 valence electrons. The number of benzene rings is 1. The Kier molecular flexibility index (Phi) is 10.2. The van der Waals surface area contributed by atoms with E-state index in [1.807, 2.05) is 70.2 Å². The molecule has 1 rings (SSSR count). The van der Waals surface area contributed by atoms with Crippen molar-refractivity contribution in [3.63, 3.8) is 0 Å². The predicted molar refractivity (Wildman–Crippen MR) is 117 cm³/mol. The monoisotopic (exact) mass is 401 g/mol. The molecular formula is C24H35NO4. The van der Waals surface area contributed by atoms with Crippen LogP contribution < -0.4 is 0 Å². The topological polar surface area (TPSA) is 55.8 Å². The van der Waals surface area contributed by atoms with E-state index in [4.69, 9.17) is 9.47 Å². The van der Waals surface area contributed by atoms with Crippen molar-refractivity contribution in [3.8, 4) is 0 Å². The van der Waals surface area contributed by atoms with Gasteiger partial charge in [-0.2, -0.15) is 0 Å². The number of rotatable bonds is 10. The number of carbonyl (C=O) groups is 2. The summed E-state index contributed by atoms with van der Waals surface area (Å²) in [6, 6.07) is 9.30. The molecule has 1 aromatic carbocycles. The summed E-state index contributed by atoms with van der Waals surface area (Å²) >= 11 is 0. The molecule has 1 aromatic rings. The average molecular weight is 402 g/mol. The maximum absolute atomic E-state index is 12.9. The largest absolute Gasteiger partial charge is 0.469 e. The number of nitrogens with zero attached hydrogens (tertiary/aromatic N) is 1. The van der Waals surface area contributed by atoms with Crippen molar-refractivity contribution in [1.82, 2.24) is 4.90 Å². The van der Waals surface area contributed by atoms with E-state index in [0.29, 0.717) is 6.54 Å². The van der Waals surface area contributed by atoms with Crippen LogP contribution in [0.4, 0.5) is 4.79 Å². The number of carbonyl (C=O) groups excluding carboxylic acids is 2. The molecule has 0 saturated carbocycles. The number of methoxy groups -OCH3 is 1. The molecule has 5 nitrogen and oxygen atoms in total. The highest BCUT2D eigenvalue weighted by Gasteiger charge is 2.33. The van der Waals surface area contributed by atoms with E-state index >= 15 is 0 Å². The van der Waals surface area contributed by atoms with Gasteiger partial charge < -0.3 is 14.4 Å². The third-order valence-corrected chi connectivity index (χ3v) is 4.47. The molecule has 0 bridgehead atoms. The van der Waals surface area contributed by atoms with Gasteiger partial charge in [0.15, 0.2) is 0 Å². The summed E-state index contributed by atoms with van der Waals surface area (Å²) in [7, 11) is 1.36. The molecule has 0 aliphatic rings. The molecule has 0 spiro atoms. The average Bonchev–Trinajstić information content (AvgIpc) is 2.67. The molecule has 0 aromatic heterocycles. The van der Waals surface area contributed by atoms with Crippen LogP contribution in [0.5, 0.6) is 0 Å². The molecule has 0 unspecified atom stereocenters. The summed E-state index contributed by atoms with van der Waals surface area (Å²) in [4.78, 5) is 27.0. The van der Waals surface area contributed by atoms with Gasteiger partial charge in [0.05, 0.1) is 13.0 Å². The van der Waals surface area contributed by atoms with Crippen LogP contribution in [-0.4, -0.2) is 42.3 Å². The first-order valence-corrected chi connectivity index (χ1v) is 10.1. The number of hydrogen-bond acceptors (Lipinski definition) is 4. The zero-order valence-corrected chi connectivity index (χ0v) is 18.4. The van der Waals surface area contributed by atoms with E-state index in [-0.39, 0.29) is 5.97 Å². The second-order valence-corrected chi connectivity index (χ2v) is 8.02. The summed E-state index contributed by atoms with van der Waals surface area (Å²) in [5, 5.41) is 0. The van der Waals surface area contributed by atoms with Crippen molar-refractivity contribution in [2.24, 2.45) is 5.92 Å². The lowest BCUT2D eigenvalue weighted by molar-refractivity contribution is -0.145. The fourth-order valence-corrected chi connectivity index (χ4v) is 2.90. The predicted octanol–water partition coefficient (Wildman–Crippen LogP) is 5.47. The van der Waals surface area contributed by atoms with Gasteiger partial charge in [0.1, 0.15) is 5.60 Å². The highest BCUT2D eigenvalue weighted by atomic mass is 16.6. The minimum Gasteiger partial charge on any atom is -0.469 e. The van der Waals surface area contributed by atoms with Crippen molar-refractivity contribution < 1.29 is 19.1 Å². The van der Waals surface area contributed by atoms with Crippen molar-refractivity contribution in [3.05, 3.63) is 54.6 Å². The molecule has 2 atom stereocenters. The van der Waals surface area contributed by atoms with Crippen molar-refractivity contribution in [2.45, 2.75) is 58.6 Å². The van der Waals surface area contributed by atoms with Gasteiger partial charge in [0, 0.05) is 12.6 Å². The summed E-state index contributed by atoms with van der Waals surface area (Å²) in [6.07, 6.45) is 7.71. The van der Waals surface area contributed by atoms with Crippen LogP contribution >= 0.6 is 0 Å². The first kappa shape index (κ1) is 24.5. The van der Waals surface area contributed by atoms with Crippen LogP contribution in [0.1, 0.15) is 52.5 Å². The molecule has 0 fully saturated rings. The Balaban J connectivity index is 3.07. The summed E-state index contributed by atoms with van der Waals surface area (Å²) in [5.41, 5.74) is 0.361. The fraction of sp³-hybridized carbons (Fsp3) is 0.500. The lowest BCUT2D eigenvalue weighted by Crippen LogP contribution is -2.47. The molecule has 1 amide bonds. The molecule has 29 heavy (non-hydrogen) atoms. The summed E-state index contributed by atoms with van der Waals surface area (Å²) < 4.78 is 10.6. The third-order valence-electron chi connectivity index (χ3n) is 4.47. The van der Waals surface area contributed by atoms with Crippen LogP contribution in [-0.2, 0) is 14.3 Å². The molecule has 0 saturated heterocycles. The fourth-order valence-electron chi connectivity index (χ4n) is 2.90. The molecule has 5 heteroatoms. The zero-order valence-electron chi connectivity index (χ0n) is 18.4. The number of ether oxygens (including phenoxy) is 2. The highest BCUT2D eigenvalue weighted by molar-refractivity contribution is 5.78. The first-order valence-electron chi connectivity index (χ1n) is 10.1. The Morgan fingerprint density at radius 2 is 1.83 bits per heavy atom. The van der Waals surface area contributed by atoms with Gasteiger partial charge in [-0.25, -0.2) is 4.79 Å². The Hall–Kier alpha value is -2.56. The van der Waals surface area contributed by atoms with Gasteiger partial charge in [-0.3, -0.25) is 4.79 Å². The van der Waals surface area contributed by atoms with Gasteiger partial charge in [-0.1, -0.05) is 48.6 Å². The SMILES string of the molecule is C=CCCCCN(C(=O)OC(C)(C)C)[C@@H](C)[C@@H](/C=C/c1ccccc1)C(=O)OC. The maximum Gasteiger partial charge on any atom is 0.410 e. The highest BCUT2D eigenvalue weighted by Crippen LogP contribution is 2.21. The molecule has 0 aliphatic heterocycles. The number of amides is 1. The van der Waals surface area contributed by atoms with Crippen molar-refractivity contribution in [2.75, 3.05) is 13.7 Å². The quantitative estimate of drug-likeness (QED) is 0.296. The van der Waals surface area contributed by atoms with Gasteiger partial charge in [-0.15, -0.1) is 6.58 Å². The standard InChI is InChI=1S/C24H35NO4/c1-7-8-9-13-18-25(23(27)29-24(3,4)5)19(2)21(22(26)28-6)17-16-20-14-11-10-12-15-20/h7,10-12,14-17,19,21H,1,8-9,13,18H2,2-6H3/b17-16+/t19-,21+/m0/s1. The van der Waals surface area contributed by atoms with Crippen LogP contribution in [0, 0.1) is 5.92 Å².